The van der Waals surface area contributed by atoms with Gasteiger partial charge in [0.05, 0.1) is 6.10 Å². The highest BCUT2D eigenvalue weighted by Crippen LogP contribution is 2.48. The third kappa shape index (κ3) is 4.10. The second-order valence-electron chi connectivity index (χ2n) is 7.12. The van der Waals surface area contributed by atoms with Crippen molar-refractivity contribution in [2.75, 3.05) is 0 Å². The predicted molar refractivity (Wildman–Crippen MR) is 97.4 cm³/mol. The number of aromatic hydroxyl groups is 1. The highest BCUT2D eigenvalue weighted by atomic mass is 16.5. The summed E-state index contributed by atoms with van der Waals surface area (Å²) in [6.07, 6.45) is 6.79. The van der Waals surface area contributed by atoms with Gasteiger partial charge in [-0.15, -0.1) is 0 Å². The topological polar surface area (TPSA) is 29.5 Å². The lowest BCUT2D eigenvalue weighted by Crippen LogP contribution is -2.27. The van der Waals surface area contributed by atoms with E-state index in [9.17, 15) is 5.11 Å². The molecule has 2 heteroatoms. The third-order valence-corrected chi connectivity index (χ3v) is 5.09. The van der Waals surface area contributed by atoms with Crippen LogP contribution in [0.25, 0.3) is 0 Å². The van der Waals surface area contributed by atoms with Gasteiger partial charge in [-0.1, -0.05) is 38.8 Å². The van der Waals surface area contributed by atoms with Gasteiger partial charge in [-0.3, -0.25) is 0 Å². The van der Waals surface area contributed by atoms with E-state index in [2.05, 4.69) is 40.3 Å². The molecule has 0 aromatic heterocycles. The maximum Gasteiger partial charge on any atom is 0.127 e. The van der Waals surface area contributed by atoms with Gasteiger partial charge in [0.1, 0.15) is 11.5 Å². The first-order valence-corrected chi connectivity index (χ1v) is 9.15. The number of rotatable bonds is 7. The number of fused-ring (bicyclic) bond motifs is 1. The summed E-state index contributed by atoms with van der Waals surface area (Å²) < 4.78 is 6.07. The summed E-state index contributed by atoms with van der Waals surface area (Å²) in [5, 5.41) is 10.7. The Bertz CT molecular complexity index is 547. The minimum absolute atomic E-state index is 0.186. The smallest absolute Gasteiger partial charge is 0.127 e. The van der Waals surface area contributed by atoms with Gasteiger partial charge in [0.15, 0.2) is 0 Å². The first-order chi connectivity index (χ1) is 11.0. The molecular formula is C21H32O2. The molecule has 0 saturated carbocycles. The van der Waals surface area contributed by atoms with Crippen molar-refractivity contribution in [3.63, 3.8) is 0 Å². The van der Waals surface area contributed by atoms with E-state index in [0.717, 1.165) is 37.0 Å². The fraction of sp³-hybridized carbons (Fsp3) is 0.619. The van der Waals surface area contributed by atoms with Crippen molar-refractivity contribution in [1.82, 2.24) is 0 Å². The van der Waals surface area contributed by atoms with E-state index in [-0.39, 0.29) is 6.10 Å². The van der Waals surface area contributed by atoms with Crippen LogP contribution in [0.1, 0.15) is 76.8 Å². The van der Waals surface area contributed by atoms with E-state index in [4.69, 9.17) is 4.74 Å². The monoisotopic (exact) mass is 316 g/mol. The molecule has 1 aliphatic heterocycles. The Balaban J connectivity index is 2.35. The number of phenols is 1. The summed E-state index contributed by atoms with van der Waals surface area (Å²) in [4.78, 5) is 0. The molecule has 2 rings (SSSR count). The Morgan fingerprint density at radius 3 is 2.70 bits per heavy atom. The molecule has 0 radical (unpaired) electrons. The molecule has 1 aliphatic rings. The summed E-state index contributed by atoms with van der Waals surface area (Å²) >= 11 is 0. The molecule has 0 fully saturated rings. The minimum Gasteiger partial charge on any atom is -0.508 e. The van der Waals surface area contributed by atoms with Gasteiger partial charge in [-0.2, -0.15) is 0 Å². The van der Waals surface area contributed by atoms with Gasteiger partial charge in [0.2, 0.25) is 0 Å². The molecule has 3 unspecified atom stereocenters. The van der Waals surface area contributed by atoms with Crippen LogP contribution in [0.5, 0.6) is 11.5 Å². The second-order valence-corrected chi connectivity index (χ2v) is 7.12. The normalized spacial score (nSPS) is 21.4. The van der Waals surface area contributed by atoms with Crippen molar-refractivity contribution in [1.29, 1.82) is 0 Å². The Hall–Kier alpha value is -1.44. The maximum atomic E-state index is 10.7. The van der Waals surface area contributed by atoms with Gasteiger partial charge >= 0.3 is 0 Å². The Morgan fingerprint density at radius 2 is 2.09 bits per heavy atom. The van der Waals surface area contributed by atoms with E-state index in [1.807, 2.05) is 6.07 Å². The number of phenolic OH excluding ortho intramolecular Hbond substituents is 1. The molecule has 0 spiro atoms. The van der Waals surface area contributed by atoms with Crippen LogP contribution in [-0.2, 0) is 6.42 Å². The minimum atomic E-state index is 0.186. The zero-order valence-corrected chi connectivity index (χ0v) is 15.2. The fourth-order valence-electron chi connectivity index (χ4n) is 3.94. The van der Waals surface area contributed by atoms with Crippen molar-refractivity contribution in [2.24, 2.45) is 5.92 Å². The Kier molecular flexibility index (Phi) is 6.15. The number of benzene rings is 1. The van der Waals surface area contributed by atoms with E-state index >= 15 is 0 Å². The summed E-state index contributed by atoms with van der Waals surface area (Å²) in [5.74, 6) is 2.00. The third-order valence-electron chi connectivity index (χ3n) is 5.09. The molecule has 128 valence electrons. The molecule has 0 bridgehead atoms. The molecule has 0 saturated heterocycles. The molecule has 23 heavy (non-hydrogen) atoms. The predicted octanol–water partition coefficient (Wildman–Crippen LogP) is 5.98. The van der Waals surface area contributed by atoms with E-state index in [0.29, 0.717) is 17.6 Å². The largest absolute Gasteiger partial charge is 0.508 e. The lowest BCUT2D eigenvalue weighted by molar-refractivity contribution is 0.159. The van der Waals surface area contributed by atoms with Crippen LogP contribution in [0.4, 0.5) is 0 Å². The van der Waals surface area contributed by atoms with Crippen LogP contribution in [0, 0.1) is 5.92 Å². The van der Waals surface area contributed by atoms with Crippen molar-refractivity contribution in [2.45, 2.75) is 78.2 Å². The first kappa shape index (κ1) is 17.9. The molecule has 0 aliphatic carbocycles. The Morgan fingerprint density at radius 1 is 1.35 bits per heavy atom. The molecule has 2 nitrogen and oxygen atoms in total. The summed E-state index contributed by atoms with van der Waals surface area (Å²) in [6.45, 7) is 12.8. The summed E-state index contributed by atoms with van der Waals surface area (Å²) in [7, 11) is 0. The second kappa shape index (κ2) is 7.90. The fourth-order valence-corrected chi connectivity index (χ4v) is 3.94. The number of hydrogen-bond acceptors (Lipinski definition) is 2. The molecule has 0 amide bonds. The van der Waals surface area contributed by atoms with E-state index in [1.54, 1.807) is 0 Å². The van der Waals surface area contributed by atoms with Gasteiger partial charge in [0, 0.05) is 11.5 Å². The number of allylic oxidation sites excluding steroid dienone is 1. The zero-order valence-electron chi connectivity index (χ0n) is 15.2. The number of unbranched alkanes of at least 4 members (excludes halogenated alkanes) is 2. The molecule has 1 aromatic rings. The van der Waals surface area contributed by atoms with Gasteiger partial charge in [-0.25, -0.2) is 0 Å². The lowest BCUT2D eigenvalue weighted by atomic mass is 9.75. The van der Waals surface area contributed by atoms with E-state index < -0.39 is 0 Å². The SMILES string of the molecule is C=C(C)C(CC)C1CC(C)Oc2cc(CCCCC)cc(O)c21. The van der Waals surface area contributed by atoms with Crippen molar-refractivity contribution >= 4 is 0 Å². The van der Waals surface area contributed by atoms with Crippen LogP contribution in [0.3, 0.4) is 0 Å². The van der Waals surface area contributed by atoms with Crippen molar-refractivity contribution in [3.05, 3.63) is 35.4 Å². The maximum absolute atomic E-state index is 10.7. The van der Waals surface area contributed by atoms with Crippen LogP contribution in [0.15, 0.2) is 24.3 Å². The van der Waals surface area contributed by atoms with Crippen LogP contribution >= 0.6 is 0 Å². The average Bonchev–Trinajstić information content (AvgIpc) is 2.47. The quantitative estimate of drug-likeness (QED) is 0.495. The highest BCUT2D eigenvalue weighted by Gasteiger charge is 2.34. The molecular weight excluding hydrogens is 284 g/mol. The van der Waals surface area contributed by atoms with Crippen LogP contribution in [-0.4, -0.2) is 11.2 Å². The summed E-state index contributed by atoms with van der Waals surface area (Å²) in [6, 6.07) is 4.10. The average molecular weight is 316 g/mol. The van der Waals surface area contributed by atoms with Gasteiger partial charge in [-0.05, 0) is 63.1 Å². The van der Waals surface area contributed by atoms with Crippen molar-refractivity contribution in [3.8, 4) is 11.5 Å². The number of aryl methyl sites for hydroxylation is 1. The van der Waals surface area contributed by atoms with Gasteiger partial charge < -0.3 is 9.84 Å². The molecule has 1 aromatic carbocycles. The number of hydrogen-bond donors (Lipinski definition) is 1. The van der Waals surface area contributed by atoms with E-state index in [1.165, 1.54) is 24.0 Å². The molecule has 1 N–H and O–H groups in total. The summed E-state index contributed by atoms with van der Waals surface area (Å²) in [5.41, 5.74) is 3.38. The first-order valence-electron chi connectivity index (χ1n) is 9.15. The molecule has 3 atom stereocenters. The number of ether oxygens (including phenoxy) is 1. The van der Waals surface area contributed by atoms with Crippen LogP contribution < -0.4 is 4.74 Å². The van der Waals surface area contributed by atoms with Gasteiger partial charge in [0.25, 0.3) is 0 Å². The Labute approximate surface area is 141 Å². The molecule has 1 heterocycles. The zero-order chi connectivity index (χ0) is 17.0. The highest BCUT2D eigenvalue weighted by molar-refractivity contribution is 5.51. The van der Waals surface area contributed by atoms with Crippen LogP contribution in [0.2, 0.25) is 0 Å². The lowest BCUT2D eigenvalue weighted by Gasteiger charge is -2.36. The standard InChI is InChI=1S/C21H32O2/c1-6-8-9-10-16-12-19(22)21-18(17(7-2)14(3)4)11-15(5)23-20(21)13-16/h12-13,15,17-18,22H,3,6-11H2,1-2,4-5H3. The van der Waals surface area contributed by atoms with Crippen molar-refractivity contribution < 1.29 is 9.84 Å².